The molecule has 0 spiro atoms. The molecule has 4 heterocycles. The van der Waals surface area contributed by atoms with E-state index < -0.39 is 0 Å². The van der Waals surface area contributed by atoms with Gasteiger partial charge in [-0.1, -0.05) is 18.1 Å². The van der Waals surface area contributed by atoms with Crippen LogP contribution in [-0.4, -0.2) is 52.0 Å². The molecule has 3 aromatic heterocycles. The summed E-state index contributed by atoms with van der Waals surface area (Å²) in [6.45, 7) is 6.69. The molecule has 0 N–H and O–H groups in total. The monoisotopic (exact) mass is 437 g/mol. The van der Waals surface area contributed by atoms with Crippen LogP contribution < -0.4 is 4.90 Å². The summed E-state index contributed by atoms with van der Waals surface area (Å²) < 4.78 is 12.7. The Balaban J connectivity index is 1.50. The Labute approximate surface area is 183 Å². The van der Waals surface area contributed by atoms with Crippen molar-refractivity contribution in [3.8, 4) is 5.69 Å². The number of rotatable bonds is 6. The zero-order chi connectivity index (χ0) is 21.4. The van der Waals surface area contributed by atoms with Crippen molar-refractivity contribution in [3.05, 3.63) is 52.3 Å². The Bertz CT molecular complexity index is 1210. The van der Waals surface area contributed by atoms with E-state index in [9.17, 15) is 4.79 Å². The third-order valence-corrected chi connectivity index (χ3v) is 6.17. The number of benzene rings is 1. The number of ketones is 1. The number of hydrogen-bond acceptors (Lipinski definition) is 8. The first-order valence-electron chi connectivity index (χ1n) is 10.3. The van der Waals surface area contributed by atoms with Crippen LogP contribution in [0.2, 0.25) is 0 Å². The smallest absolute Gasteiger partial charge is 0.229 e. The minimum atomic E-state index is -0.143. The second kappa shape index (κ2) is 8.24. The molecule has 1 aromatic carbocycles. The molecule has 0 amide bonds. The number of ether oxygens (including phenoxy) is 1. The van der Waals surface area contributed by atoms with Crippen LogP contribution in [-0.2, 0) is 4.74 Å². The normalized spacial score (nSPS) is 15.5. The van der Waals surface area contributed by atoms with E-state index in [1.165, 1.54) is 0 Å². The number of carbonyl (C=O) groups excluding carboxylic acids is 1. The van der Waals surface area contributed by atoms with Crippen LogP contribution in [0.1, 0.15) is 41.3 Å². The lowest BCUT2D eigenvalue weighted by Crippen LogP contribution is -2.36. The summed E-state index contributed by atoms with van der Waals surface area (Å²) >= 11 is 1.62. The molecule has 1 atom stereocenters. The number of Topliss-reactive ketones (excluding diaryl/α,β-unsaturated/α-hetero) is 1. The van der Waals surface area contributed by atoms with Crippen LogP contribution in [0.4, 0.5) is 5.82 Å². The first-order chi connectivity index (χ1) is 15.1. The van der Waals surface area contributed by atoms with Gasteiger partial charge in [-0.3, -0.25) is 4.79 Å². The summed E-state index contributed by atoms with van der Waals surface area (Å²) in [5, 5.41) is 13.9. The minimum absolute atomic E-state index is 0.0382. The second-order valence-electron chi connectivity index (χ2n) is 7.76. The highest BCUT2D eigenvalue weighted by atomic mass is 32.1. The number of thiophene rings is 1. The van der Waals surface area contributed by atoms with Gasteiger partial charge in [0.25, 0.3) is 0 Å². The van der Waals surface area contributed by atoms with Crippen LogP contribution >= 0.6 is 11.3 Å². The van der Waals surface area contributed by atoms with E-state index in [1.54, 1.807) is 18.3 Å². The molecule has 5 rings (SSSR count). The van der Waals surface area contributed by atoms with Gasteiger partial charge in [-0.2, -0.15) is 16.3 Å². The van der Waals surface area contributed by atoms with E-state index in [1.807, 2.05) is 41.3 Å². The summed E-state index contributed by atoms with van der Waals surface area (Å²) in [7, 11) is 0. The maximum atomic E-state index is 13.0. The maximum Gasteiger partial charge on any atom is 0.229 e. The first kappa shape index (κ1) is 19.9. The van der Waals surface area contributed by atoms with Gasteiger partial charge in [0.2, 0.25) is 5.89 Å². The van der Waals surface area contributed by atoms with E-state index in [4.69, 9.17) is 14.4 Å². The van der Waals surface area contributed by atoms with E-state index in [2.05, 4.69) is 20.4 Å². The Morgan fingerprint density at radius 1 is 1.26 bits per heavy atom. The third-order valence-electron chi connectivity index (χ3n) is 5.50. The number of morpholine rings is 1. The SMILES string of the molecule is Cc1noc([C@@H](C)CC(=O)c2ccc3c(N4CCOCC4)nn(-c4ccsc4)c3c2)n1. The molecule has 31 heavy (non-hydrogen) atoms. The molecule has 0 unspecified atom stereocenters. The first-order valence-corrected chi connectivity index (χ1v) is 11.3. The average molecular weight is 438 g/mol. The highest BCUT2D eigenvalue weighted by molar-refractivity contribution is 7.08. The van der Waals surface area contributed by atoms with Crippen LogP contribution in [0.25, 0.3) is 16.6 Å². The van der Waals surface area contributed by atoms with Gasteiger partial charge in [0.1, 0.15) is 0 Å². The van der Waals surface area contributed by atoms with Crippen molar-refractivity contribution in [2.24, 2.45) is 0 Å². The molecule has 4 aromatic rings. The number of aryl methyl sites for hydroxylation is 1. The summed E-state index contributed by atoms with van der Waals surface area (Å²) in [6, 6.07) is 7.87. The van der Waals surface area contributed by atoms with Crippen molar-refractivity contribution in [2.75, 3.05) is 31.2 Å². The zero-order valence-corrected chi connectivity index (χ0v) is 18.3. The van der Waals surface area contributed by atoms with Crippen molar-refractivity contribution in [2.45, 2.75) is 26.2 Å². The standard InChI is InChI=1S/C22H23N5O3S/c1-14(22-23-15(2)25-30-22)11-20(28)16-3-4-18-19(12-16)27(17-5-10-31-13-17)24-21(18)26-6-8-29-9-7-26/h3-5,10,12-14H,6-9,11H2,1-2H3/t14-/m0/s1. The molecule has 8 nitrogen and oxygen atoms in total. The molecule has 0 bridgehead atoms. The minimum Gasteiger partial charge on any atom is -0.378 e. The van der Waals surface area contributed by atoms with Gasteiger partial charge >= 0.3 is 0 Å². The molecule has 1 aliphatic heterocycles. The number of fused-ring (bicyclic) bond motifs is 1. The fourth-order valence-electron chi connectivity index (χ4n) is 3.85. The summed E-state index contributed by atoms with van der Waals surface area (Å²) in [5.74, 6) is 1.89. The van der Waals surface area contributed by atoms with Crippen molar-refractivity contribution < 1.29 is 14.1 Å². The molecular weight excluding hydrogens is 414 g/mol. The molecule has 0 radical (unpaired) electrons. The number of carbonyl (C=O) groups is 1. The number of aromatic nitrogens is 4. The van der Waals surface area contributed by atoms with E-state index in [0.717, 1.165) is 35.5 Å². The summed E-state index contributed by atoms with van der Waals surface area (Å²) in [6.07, 6.45) is 0.302. The summed E-state index contributed by atoms with van der Waals surface area (Å²) in [4.78, 5) is 19.5. The topological polar surface area (TPSA) is 86.3 Å². The molecule has 0 aliphatic carbocycles. The molecule has 160 valence electrons. The second-order valence-corrected chi connectivity index (χ2v) is 8.54. The van der Waals surface area contributed by atoms with Crippen LogP contribution in [0.5, 0.6) is 0 Å². The molecule has 1 aliphatic rings. The maximum absolute atomic E-state index is 13.0. The molecule has 1 saturated heterocycles. The highest BCUT2D eigenvalue weighted by Crippen LogP contribution is 2.31. The van der Waals surface area contributed by atoms with Crippen molar-refractivity contribution in [1.29, 1.82) is 0 Å². The van der Waals surface area contributed by atoms with Crippen molar-refractivity contribution in [1.82, 2.24) is 19.9 Å². The van der Waals surface area contributed by atoms with Crippen LogP contribution in [0.3, 0.4) is 0 Å². The number of hydrogen-bond donors (Lipinski definition) is 0. The van der Waals surface area contributed by atoms with Gasteiger partial charge in [0, 0.05) is 41.8 Å². The van der Waals surface area contributed by atoms with Gasteiger partial charge in [-0.25, -0.2) is 4.68 Å². The van der Waals surface area contributed by atoms with E-state index in [-0.39, 0.29) is 11.7 Å². The zero-order valence-electron chi connectivity index (χ0n) is 17.4. The third kappa shape index (κ3) is 3.86. The predicted molar refractivity (Wildman–Crippen MR) is 118 cm³/mol. The molecule has 1 fully saturated rings. The van der Waals surface area contributed by atoms with Gasteiger partial charge in [-0.05, 0) is 30.5 Å². The molecule has 9 heteroatoms. The largest absolute Gasteiger partial charge is 0.378 e. The lowest BCUT2D eigenvalue weighted by atomic mass is 9.99. The van der Waals surface area contributed by atoms with Crippen LogP contribution in [0.15, 0.2) is 39.5 Å². The van der Waals surface area contributed by atoms with Gasteiger partial charge in [0.05, 0.1) is 24.4 Å². The Kier molecular flexibility index (Phi) is 5.29. The fraction of sp³-hybridized carbons (Fsp3) is 0.364. The fourth-order valence-corrected chi connectivity index (χ4v) is 4.47. The van der Waals surface area contributed by atoms with Gasteiger partial charge in [-0.15, -0.1) is 5.10 Å². The molecular formula is C22H23N5O3S. The Morgan fingerprint density at radius 2 is 2.10 bits per heavy atom. The van der Waals surface area contributed by atoms with Gasteiger partial charge < -0.3 is 14.2 Å². The average Bonchev–Trinajstić information content (AvgIpc) is 3.53. The van der Waals surface area contributed by atoms with E-state index in [0.29, 0.717) is 36.9 Å². The Morgan fingerprint density at radius 3 is 2.81 bits per heavy atom. The lowest BCUT2D eigenvalue weighted by molar-refractivity contribution is 0.0971. The van der Waals surface area contributed by atoms with E-state index >= 15 is 0 Å². The molecule has 0 saturated carbocycles. The van der Waals surface area contributed by atoms with Crippen LogP contribution in [0, 0.1) is 6.92 Å². The number of nitrogens with zero attached hydrogens (tertiary/aromatic N) is 5. The van der Waals surface area contributed by atoms with Crippen molar-refractivity contribution in [3.63, 3.8) is 0 Å². The predicted octanol–water partition coefficient (Wildman–Crippen LogP) is 3.99. The quantitative estimate of drug-likeness (QED) is 0.422. The Hall–Kier alpha value is -3.04. The highest BCUT2D eigenvalue weighted by Gasteiger charge is 2.22. The van der Waals surface area contributed by atoms with Gasteiger partial charge in [0.15, 0.2) is 17.4 Å². The lowest BCUT2D eigenvalue weighted by Gasteiger charge is -2.26. The summed E-state index contributed by atoms with van der Waals surface area (Å²) in [5.41, 5.74) is 2.57. The van der Waals surface area contributed by atoms with Crippen molar-refractivity contribution >= 4 is 33.8 Å². The number of anilines is 1.